The van der Waals surface area contributed by atoms with E-state index in [1.807, 2.05) is 66.7 Å². The maximum absolute atomic E-state index is 12.6. The first-order valence-electron chi connectivity index (χ1n) is 8.17. The van der Waals surface area contributed by atoms with Crippen LogP contribution < -0.4 is 4.74 Å². The van der Waals surface area contributed by atoms with E-state index in [0.717, 1.165) is 28.2 Å². The minimum Gasteiger partial charge on any atom is -0.457 e. The van der Waals surface area contributed by atoms with Gasteiger partial charge in [-0.25, -0.2) is 0 Å². The summed E-state index contributed by atoms with van der Waals surface area (Å²) in [6.07, 6.45) is 0. The minimum absolute atomic E-state index is 0.0361. The molecule has 0 saturated heterocycles. The molecule has 118 valence electrons. The van der Waals surface area contributed by atoms with E-state index in [-0.39, 0.29) is 17.6 Å². The lowest BCUT2D eigenvalue weighted by molar-refractivity contribution is -0.118. The highest BCUT2D eigenvalue weighted by atomic mass is 16.5. The molecule has 4 rings (SSSR count). The van der Waals surface area contributed by atoms with Gasteiger partial charge < -0.3 is 4.74 Å². The summed E-state index contributed by atoms with van der Waals surface area (Å²) in [4.78, 5) is 12.6. The second-order valence-corrected chi connectivity index (χ2v) is 6.15. The standard InChI is InChI=1S/C22H18O2/c1-15(23)21(16-9-3-2-4-10-16)22-17-11-5-7-13-19(17)24-20-14-8-6-12-18(20)22/h2-14,21-22H,1H3. The van der Waals surface area contributed by atoms with Crippen LogP contribution in [0.4, 0.5) is 0 Å². The van der Waals surface area contributed by atoms with Crippen molar-refractivity contribution in [2.24, 2.45) is 0 Å². The van der Waals surface area contributed by atoms with Gasteiger partial charge in [-0.2, -0.15) is 0 Å². The fourth-order valence-electron chi connectivity index (χ4n) is 3.63. The van der Waals surface area contributed by atoms with Gasteiger partial charge in [0.15, 0.2) is 0 Å². The number of ether oxygens (including phenoxy) is 1. The predicted molar refractivity (Wildman–Crippen MR) is 94.7 cm³/mol. The Morgan fingerprint density at radius 1 is 0.792 bits per heavy atom. The summed E-state index contributed by atoms with van der Waals surface area (Å²) in [6, 6.07) is 26.0. The van der Waals surface area contributed by atoms with E-state index < -0.39 is 0 Å². The number of hydrogen-bond donors (Lipinski definition) is 0. The Morgan fingerprint density at radius 2 is 1.29 bits per heavy atom. The summed E-state index contributed by atoms with van der Waals surface area (Å²) in [5.41, 5.74) is 3.18. The first-order valence-corrected chi connectivity index (χ1v) is 8.17. The van der Waals surface area contributed by atoms with Crippen molar-refractivity contribution in [2.45, 2.75) is 18.8 Å². The van der Waals surface area contributed by atoms with Crippen LogP contribution in [0.25, 0.3) is 0 Å². The molecule has 2 heteroatoms. The van der Waals surface area contributed by atoms with Crippen molar-refractivity contribution in [3.05, 3.63) is 95.6 Å². The van der Waals surface area contributed by atoms with E-state index in [0.29, 0.717) is 0 Å². The number of para-hydroxylation sites is 2. The third-order valence-corrected chi connectivity index (χ3v) is 4.66. The molecule has 3 aromatic rings. The summed E-state index contributed by atoms with van der Waals surface area (Å²) in [5, 5.41) is 0. The van der Waals surface area contributed by atoms with Crippen molar-refractivity contribution in [3.8, 4) is 11.5 Å². The Hall–Kier alpha value is -2.87. The number of hydrogen-bond acceptors (Lipinski definition) is 2. The molecule has 1 aliphatic heterocycles. The molecule has 1 heterocycles. The average molecular weight is 314 g/mol. The van der Waals surface area contributed by atoms with Gasteiger partial charge in [-0.1, -0.05) is 66.7 Å². The van der Waals surface area contributed by atoms with Crippen molar-refractivity contribution >= 4 is 5.78 Å². The van der Waals surface area contributed by atoms with Gasteiger partial charge in [0, 0.05) is 17.0 Å². The van der Waals surface area contributed by atoms with E-state index in [4.69, 9.17) is 4.74 Å². The molecular formula is C22H18O2. The number of carbonyl (C=O) groups is 1. The van der Waals surface area contributed by atoms with Gasteiger partial charge in [0.25, 0.3) is 0 Å². The zero-order valence-corrected chi connectivity index (χ0v) is 13.5. The monoisotopic (exact) mass is 314 g/mol. The van der Waals surface area contributed by atoms with Gasteiger partial charge in [-0.15, -0.1) is 0 Å². The molecule has 3 aromatic carbocycles. The topological polar surface area (TPSA) is 26.3 Å². The van der Waals surface area contributed by atoms with E-state index in [1.165, 1.54) is 0 Å². The van der Waals surface area contributed by atoms with Crippen molar-refractivity contribution in [1.29, 1.82) is 0 Å². The second-order valence-electron chi connectivity index (χ2n) is 6.15. The Morgan fingerprint density at radius 3 is 1.83 bits per heavy atom. The predicted octanol–water partition coefficient (Wildman–Crippen LogP) is 5.30. The molecule has 0 aliphatic carbocycles. The lowest BCUT2D eigenvalue weighted by Crippen LogP contribution is -2.22. The highest BCUT2D eigenvalue weighted by Crippen LogP contribution is 2.50. The zero-order valence-electron chi connectivity index (χ0n) is 13.5. The van der Waals surface area contributed by atoms with Crippen molar-refractivity contribution in [2.75, 3.05) is 0 Å². The molecule has 24 heavy (non-hydrogen) atoms. The van der Waals surface area contributed by atoms with E-state index in [9.17, 15) is 4.79 Å². The minimum atomic E-state index is -0.225. The number of rotatable bonds is 3. The first-order chi connectivity index (χ1) is 11.8. The maximum atomic E-state index is 12.6. The molecule has 0 fully saturated rings. The van der Waals surface area contributed by atoms with Gasteiger partial charge in [0.05, 0.1) is 5.92 Å². The lowest BCUT2D eigenvalue weighted by Gasteiger charge is -2.33. The number of ketones is 1. The van der Waals surface area contributed by atoms with E-state index >= 15 is 0 Å². The zero-order chi connectivity index (χ0) is 16.5. The van der Waals surface area contributed by atoms with Gasteiger partial charge in [-0.05, 0) is 24.6 Å². The third kappa shape index (κ3) is 2.41. The summed E-state index contributed by atoms with van der Waals surface area (Å²) in [7, 11) is 0. The molecule has 1 atom stereocenters. The molecule has 0 saturated carbocycles. The molecule has 0 amide bonds. The van der Waals surface area contributed by atoms with Crippen molar-refractivity contribution < 1.29 is 9.53 Å². The van der Waals surface area contributed by atoms with Gasteiger partial charge in [-0.3, -0.25) is 4.79 Å². The van der Waals surface area contributed by atoms with Gasteiger partial charge in [0.1, 0.15) is 17.3 Å². The SMILES string of the molecule is CC(=O)C(c1ccccc1)C1c2ccccc2Oc2ccccc21. The van der Waals surface area contributed by atoms with Crippen LogP contribution in [0.1, 0.15) is 35.4 Å². The van der Waals surface area contributed by atoms with Crippen molar-refractivity contribution in [1.82, 2.24) is 0 Å². The fourth-order valence-corrected chi connectivity index (χ4v) is 3.63. The fraction of sp³-hybridized carbons (Fsp3) is 0.136. The van der Waals surface area contributed by atoms with Crippen LogP contribution in [0.15, 0.2) is 78.9 Å². The number of benzene rings is 3. The lowest BCUT2D eigenvalue weighted by atomic mass is 9.74. The molecule has 0 aromatic heterocycles. The van der Waals surface area contributed by atoms with Crippen molar-refractivity contribution in [3.63, 3.8) is 0 Å². The number of carbonyl (C=O) groups excluding carboxylic acids is 1. The Balaban J connectivity index is 1.94. The summed E-state index contributed by atoms with van der Waals surface area (Å²) in [5.74, 6) is 1.58. The largest absolute Gasteiger partial charge is 0.457 e. The molecule has 1 unspecified atom stereocenters. The summed E-state index contributed by atoms with van der Waals surface area (Å²) >= 11 is 0. The van der Waals surface area contributed by atoms with Gasteiger partial charge in [0.2, 0.25) is 0 Å². The Bertz CT molecular complexity index is 838. The summed E-state index contributed by atoms with van der Waals surface area (Å²) in [6.45, 7) is 1.68. The molecule has 2 nitrogen and oxygen atoms in total. The normalized spacial score (nSPS) is 14.2. The Kier molecular flexibility index (Phi) is 3.66. The Labute approximate surface area is 141 Å². The molecule has 0 spiro atoms. The molecule has 0 bridgehead atoms. The highest BCUT2D eigenvalue weighted by molar-refractivity contribution is 5.86. The molecule has 1 aliphatic rings. The number of Topliss-reactive ketones (excluding diaryl/α,β-unsaturated/α-hetero) is 1. The van der Waals surface area contributed by atoms with Crippen LogP contribution in [0.2, 0.25) is 0 Å². The van der Waals surface area contributed by atoms with Crippen LogP contribution in [0.3, 0.4) is 0 Å². The average Bonchev–Trinajstić information content (AvgIpc) is 2.62. The van der Waals surface area contributed by atoms with E-state index in [1.54, 1.807) is 6.92 Å². The maximum Gasteiger partial charge on any atom is 0.138 e. The number of fused-ring (bicyclic) bond motifs is 2. The quantitative estimate of drug-likeness (QED) is 0.656. The third-order valence-electron chi connectivity index (χ3n) is 4.66. The van der Waals surface area contributed by atoms with Gasteiger partial charge >= 0.3 is 0 Å². The van der Waals surface area contributed by atoms with E-state index in [2.05, 4.69) is 12.1 Å². The summed E-state index contributed by atoms with van der Waals surface area (Å²) < 4.78 is 6.06. The smallest absolute Gasteiger partial charge is 0.138 e. The molecule has 0 radical (unpaired) electrons. The van der Waals surface area contributed by atoms with Crippen LogP contribution in [-0.2, 0) is 4.79 Å². The van der Waals surface area contributed by atoms with Crippen LogP contribution >= 0.6 is 0 Å². The van der Waals surface area contributed by atoms with Crippen LogP contribution in [0, 0.1) is 0 Å². The molecule has 0 N–H and O–H groups in total. The first kappa shape index (κ1) is 14.7. The second kappa shape index (κ2) is 5.97. The molecular weight excluding hydrogens is 296 g/mol. The van der Waals surface area contributed by atoms with Crippen LogP contribution in [-0.4, -0.2) is 5.78 Å². The highest BCUT2D eigenvalue weighted by Gasteiger charge is 2.36. The van der Waals surface area contributed by atoms with Crippen LogP contribution in [0.5, 0.6) is 11.5 Å².